The molecule has 0 aromatic carbocycles. The largest absolute Gasteiger partial charge is 0.330 e. The van der Waals surface area contributed by atoms with Crippen molar-refractivity contribution in [3.63, 3.8) is 0 Å². The van der Waals surface area contributed by atoms with Crippen LogP contribution in [0.4, 0.5) is 0 Å². The van der Waals surface area contributed by atoms with Crippen molar-refractivity contribution < 1.29 is 0 Å². The Kier molecular flexibility index (Phi) is 18.4. The Balaban J connectivity index is 0. The first kappa shape index (κ1) is 22.9. The van der Waals surface area contributed by atoms with E-state index in [1.165, 1.54) is 50.0 Å². The van der Waals surface area contributed by atoms with E-state index in [1.54, 1.807) is 0 Å². The first-order valence-corrected chi connectivity index (χ1v) is 10.8. The van der Waals surface area contributed by atoms with Gasteiger partial charge >= 0.3 is 0 Å². The normalized spacial score (nSPS) is 11.4. The van der Waals surface area contributed by atoms with Crippen LogP contribution in [0.3, 0.4) is 0 Å². The maximum absolute atomic E-state index is 5.43. The Labute approximate surface area is 137 Å². The smallest absolute Gasteiger partial charge is 0.00393 e. The summed E-state index contributed by atoms with van der Waals surface area (Å²) in [5.74, 6) is 3.50. The summed E-state index contributed by atoms with van der Waals surface area (Å²) in [6.45, 7) is 14.5. The van der Waals surface area contributed by atoms with Gasteiger partial charge in [-0.1, -0.05) is 69.6 Å². The lowest BCUT2D eigenvalue weighted by molar-refractivity contribution is 0.298. The van der Waals surface area contributed by atoms with E-state index in [0.29, 0.717) is 5.41 Å². The lowest BCUT2D eigenvalue weighted by Gasteiger charge is -2.23. The molecule has 0 saturated carbocycles. The van der Waals surface area contributed by atoms with Crippen LogP contribution < -0.4 is 5.73 Å². The topological polar surface area (TPSA) is 26.0 Å². The Bertz CT molecular complexity index is 182. The highest BCUT2D eigenvalue weighted by Crippen LogP contribution is 2.27. The van der Waals surface area contributed by atoms with Gasteiger partial charge in [0.2, 0.25) is 0 Å². The molecule has 0 spiro atoms. The fourth-order valence-corrected chi connectivity index (χ4v) is 4.33. The second kappa shape index (κ2) is 16.0. The molecule has 0 unspecified atom stereocenters. The van der Waals surface area contributed by atoms with Crippen LogP contribution in [0.1, 0.15) is 80.1 Å². The minimum absolute atomic E-state index is 0.522. The van der Waals surface area contributed by atoms with Gasteiger partial charge in [0.25, 0.3) is 0 Å². The van der Waals surface area contributed by atoms with Crippen LogP contribution >= 0.6 is 21.6 Å². The number of hydrogen-bond acceptors (Lipinski definition) is 3. The number of nitrogens with two attached hydrogens (primary N) is 1. The molecule has 0 atom stereocenters. The molecule has 0 aliphatic carbocycles. The maximum Gasteiger partial charge on any atom is 0.00393 e. The highest BCUT2D eigenvalue weighted by Gasteiger charge is 2.14. The van der Waals surface area contributed by atoms with Gasteiger partial charge in [-0.2, -0.15) is 0 Å². The third kappa shape index (κ3) is 21.0. The third-order valence-corrected chi connectivity index (χ3v) is 5.78. The summed E-state index contributed by atoms with van der Waals surface area (Å²) in [7, 11) is 4.03. The van der Waals surface area contributed by atoms with Crippen LogP contribution in [0.5, 0.6) is 0 Å². The highest BCUT2D eigenvalue weighted by atomic mass is 33.1. The monoisotopic (exact) mass is 321 g/mol. The SMILES string of the molecule is CCCC(C)(C)CCCN.CCCSSCCC(C)C. The molecule has 0 aliphatic heterocycles. The zero-order valence-electron chi connectivity index (χ0n) is 14.8. The second-order valence-electron chi connectivity index (χ2n) is 6.63. The van der Waals surface area contributed by atoms with Gasteiger partial charge in [-0.25, -0.2) is 0 Å². The van der Waals surface area contributed by atoms with Gasteiger partial charge in [-0.05, 0) is 50.0 Å². The van der Waals surface area contributed by atoms with Crippen molar-refractivity contribution in [1.82, 2.24) is 0 Å². The standard InChI is InChI=1S/C9H21N.C8H18S2/c1-4-6-9(2,3)7-5-8-10;1-4-6-9-10-7-5-8(2)3/h4-8,10H2,1-3H3;8H,4-7H2,1-3H3. The zero-order chi connectivity index (χ0) is 15.9. The van der Waals surface area contributed by atoms with Crippen molar-refractivity contribution >= 4 is 21.6 Å². The molecule has 3 heteroatoms. The molecule has 124 valence electrons. The van der Waals surface area contributed by atoms with Gasteiger partial charge in [0.15, 0.2) is 0 Å². The van der Waals surface area contributed by atoms with E-state index in [-0.39, 0.29) is 0 Å². The van der Waals surface area contributed by atoms with E-state index < -0.39 is 0 Å². The van der Waals surface area contributed by atoms with Crippen molar-refractivity contribution in [2.45, 2.75) is 80.1 Å². The minimum atomic E-state index is 0.522. The summed E-state index contributed by atoms with van der Waals surface area (Å²) in [6, 6.07) is 0. The molecule has 20 heavy (non-hydrogen) atoms. The molecule has 0 radical (unpaired) electrons. The van der Waals surface area contributed by atoms with E-state index in [4.69, 9.17) is 5.73 Å². The second-order valence-corrected chi connectivity index (χ2v) is 9.34. The average Bonchev–Trinajstić information content (AvgIpc) is 2.37. The van der Waals surface area contributed by atoms with Crippen molar-refractivity contribution in [2.75, 3.05) is 18.1 Å². The lowest BCUT2D eigenvalue weighted by atomic mass is 9.83. The Hall–Kier alpha value is 0.660. The predicted molar refractivity (Wildman–Crippen MR) is 102 cm³/mol. The van der Waals surface area contributed by atoms with E-state index in [9.17, 15) is 0 Å². The molecule has 0 saturated heterocycles. The summed E-state index contributed by atoms with van der Waals surface area (Å²) in [4.78, 5) is 0. The first-order chi connectivity index (χ1) is 9.39. The first-order valence-electron chi connectivity index (χ1n) is 8.34. The molecule has 0 rings (SSSR count). The Morgan fingerprint density at radius 3 is 2.00 bits per heavy atom. The predicted octanol–water partition coefficient (Wildman–Crippen LogP) is 6.38. The molecule has 0 bridgehead atoms. The van der Waals surface area contributed by atoms with Crippen molar-refractivity contribution in [3.05, 3.63) is 0 Å². The van der Waals surface area contributed by atoms with Crippen molar-refractivity contribution in [1.29, 1.82) is 0 Å². The van der Waals surface area contributed by atoms with Gasteiger partial charge in [0.1, 0.15) is 0 Å². The molecular weight excluding hydrogens is 282 g/mol. The summed E-state index contributed by atoms with van der Waals surface area (Å²) >= 11 is 0. The average molecular weight is 322 g/mol. The molecule has 0 aromatic rings. The molecule has 0 heterocycles. The molecule has 2 N–H and O–H groups in total. The van der Waals surface area contributed by atoms with E-state index in [2.05, 4.69) is 41.5 Å². The van der Waals surface area contributed by atoms with Crippen molar-refractivity contribution in [2.24, 2.45) is 17.1 Å². The quantitative estimate of drug-likeness (QED) is 0.353. The fraction of sp³-hybridized carbons (Fsp3) is 1.00. The van der Waals surface area contributed by atoms with Crippen LogP contribution in [0.15, 0.2) is 0 Å². The van der Waals surface area contributed by atoms with Gasteiger partial charge in [-0.15, -0.1) is 0 Å². The maximum atomic E-state index is 5.43. The van der Waals surface area contributed by atoms with Crippen LogP contribution in [-0.4, -0.2) is 18.1 Å². The van der Waals surface area contributed by atoms with Gasteiger partial charge in [0, 0.05) is 11.5 Å². The fourth-order valence-electron chi connectivity index (χ4n) is 1.87. The van der Waals surface area contributed by atoms with Gasteiger partial charge < -0.3 is 5.73 Å². The minimum Gasteiger partial charge on any atom is -0.330 e. The molecule has 0 amide bonds. The molecule has 0 aromatic heterocycles. The van der Waals surface area contributed by atoms with E-state index >= 15 is 0 Å². The Morgan fingerprint density at radius 2 is 1.55 bits per heavy atom. The number of rotatable bonds is 11. The summed E-state index contributed by atoms with van der Waals surface area (Å²) in [5, 5.41) is 0. The summed E-state index contributed by atoms with van der Waals surface area (Å²) in [5.41, 5.74) is 5.95. The van der Waals surface area contributed by atoms with Crippen molar-refractivity contribution in [3.8, 4) is 0 Å². The molecular formula is C17H39NS2. The molecule has 1 nitrogen and oxygen atoms in total. The molecule has 0 aliphatic rings. The third-order valence-electron chi connectivity index (χ3n) is 3.13. The van der Waals surface area contributed by atoms with Crippen LogP contribution in [0.2, 0.25) is 0 Å². The Morgan fingerprint density at radius 1 is 0.950 bits per heavy atom. The van der Waals surface area contributed by atoms with Crippen LogP contribution in [-0.2, 0) is 0 Å². The summed E-state index contributed by atoms with van der Waals surface area (Å²) < 4.78 is 0. The van der Waals surface area contributed by atoms with Crippen LogP contribution in [0, 0.1) is 11.3 Å². The lowest BCUT2D eigenvalue weighted by Crippen LogP contribution is -2.13. The van der Waals surface area contributed by atoms with Crippen LogP contribution in [0.25, 0.3) is 0 Å². The summed E-state index contributed by atoms with van der Waals surface area (Å²) in [6.07, 6.45) is 7.73. The van der Waals surface area contributed by atoms with E-state index in [1.807, 2.05) is 21.6 Å². The van der Waals surface area contributed by atoms with Gasteiger partial charge in [-0.3, -0.25) is 0 Å². The zero-order valence-corrected chi connectivity index (χ0v) is 16.5. The number of hydrogen-bond donors (Lipinski definition) is 1. The van der Waals surface area contributed by atoms with E-state index in [0.717, 1.165) is 12.5 Å². The molecule has 0 fully saturated rings. The van der Waals surface area contributed by atoms with Gasteiger partial charge in [0.05, 0.1) is 0 Å². The highest BCUT2D eigenvalue weighted by molar-refractivity contribution is 8.76.